The van der Waals surface area contributed by atoms with Crippen LogP contribution in [0.4, 0.5) is 4.39 Å². The summed E-state index contributed by atoms with van der Waals surface area (Å²) >= 11 is 3.09. The second kappa shape index (κ2) is 9.42. The molecule has 1 amide bonds. The maximum atomic E-state index is 13.6. The number of hydrogen-bond donors (Lipinski definition) is 2. The summed E-state index contributed by atoms with van der Waals surface area (Å²) in [6.07, 6.45) is 3.53. The van der Waals surface area contributed by atoms with E-state index in [4.69, 9.17) is 14.9 Å². The van der Waals surface area contributed by atoms with Gasteiger partial charge in [-0.25, -0.2) is 18.4 Å². The summed E-state index contributed by atoms with van der Waals surface area (Å²) in [6, 6.07) is 4.03. The number of carbonyl (C=O) groups excluding carboxylic acids is 1. The number of aryl methyl sites for hydroxylation is 1. The van der Waals surface area contributed by atoms with Crippen LogP contribution in [0.1, 0.15) is 31.4 Å². The van der Waals surface area contributed by atoms with Gasteiger partial charge in [0.15, 0.2) is 11.7 Å². The largest absolute Gasteiger partial charge is 0.446 e. The summed E-state index contributed by atoms with van der Waals surface area (Å²) in [4.78, 5) is 28.1. The lowest BCUT2D eigenvalue weighted by Crippen LogP contribution is -2.37. The van der Waals surface area contributed by atoms with Crippen LogP contribution in [0.3, 0.4) is 0 Å². The molecule has 0 aliphatic heterocycles. The van der Waals surface area contributed by atoms with E-state index in [0.717, 1.165) is 17.4 Å². The van der Waals surface area contributed by atoms with E-state index in [2.05, 4.69) is 41.7 Å². The van der Waals surface area contributed by atoms with E-state index in [0.29, 0.717) is 43.1 Å². The number of aliphatic imine (C=N–C) groups is 1. The Labute approximate surface area is 188 Å². The number of carbonyl (C=O) groups is 1. The van der Waals surface area contributed by atoms with Gasteiger partial charge in [0.25, 0.3) is 0 Å². The zero-order chi connectivity index (χ0) is 22.7. The van der Waals surface area contributed by atoms with Crippen LogP contribution in [0, 0.1) is 11.7 Å². The van der Waals surface area contributed by atoms with Gasteiger partial charge in [-0.2, -0.15) is 0 Å². The average Bonchev–Trinajstić information content (AvgIpc) is 3.29. The highest BCUT2D eigenvalue weighted by atomic mass is 79.9. The molecule has 2 aromatic heterocycles. The van der Waals surface area contributed by atoms with Crippen LogP contribution in [-0.2, 0) is 11.2 Å². The van der Waals surface area contributed by atoms with E-state index in [1.54, 1.807) is 0 Å². The molecule has 1 aliphatic rings. The molecule has 1 aromatic carbocycles. The van der Waals surface area contributed by atoms with Crippen molar-refractivity contribution in [2.45, 2.75) is 32.1 Å². The lowest BCUT2D eigenvalue weighted by Gasteiger charge is -2.05. The van der Waals surface area contributed by atoms with E-state index in [9.17, 15) is 14.0 Å². The predicted molar refractivity (Wildman–Crippen MR) is 113 cm³/mol. The lowest BCUT2D eigenvalue weighted by atomic mass is 10.2. The highest BCUT2D eigenvalue weighted by molar-refractivity contribution is 9.10. The van der Waals surface area contributed by atoms with Crippen molar-refractivity contribution < 1.29 is 18.3 Å². The van der Waals surface area contributed by atoms with Crippen molar-refractivity contribution in [3.63, 3.8) is 0 Å². The molecule has 0 unspecified atom stereocenters. The van der Waals surface area contributed by atoms with Gasteiger partial charge in [-0.1, -0.05) is 10.3 Å². The summed E-state index contributed by atoms with van der Waals surface area (Å²) in [7, 11) is 0. The molecule has 3 N–H and O–H groups in total. The summed E-state index contributed by atoms with van der Waals surface area (Å²) < 4.78 is 24.5. The monoisotopic (exact) mass is 507 g/mol. The first-order chi connectivity index (χ1) is 15.4. The Morgan fingerprint density at radius 3 is 2.91 bits per heavy atom. The highest BCUT2D eigenvalue weighted by Gasteiger charge is 2.25. The molecular weight excluding hydrogens is 489 g/mol. The second-order valence-electron chi connectivity index (χ2n) is 7.33. The van der Waals surface area contributed by atoms with E-state index in [1.807, 2.05) is 0 Å². The first-order valence-corrected chi connectivity index (χ1v) is 10.7. The Balaban J connectivity index is 1.43. The van der Waals surface area contributed by atoms with Gasteiger partial charge in [-0.05, 0) is 70.9 Å². The Morgan fingerprint density at radius 1 is 1.34 bits per heavy atom. The van der Waals surface area contributed by atoms with Crippen molar-refractivity contribution >= 4 is 27.8 Å². The fourth-order valence-electron chi connectivity index (χ4n) is 3.06. The van der Waals surface area contributed by atoms with Crippen LogP contribution in [0.2, 0.25) is 0 Å². The van der Waals surface area contributed by atoms with Crippen molar-refractivity contribution in [2.24, 2.45) is 16.6 Å². The van der Waals surface area contributed by atoms with Crippen molar-refractivity contribution in [3.05, 3.63) is 44.7 Å². The van der Waals surface area contributed by atoms with E-state index in [-0.39, 0.29) is 27.9 Å². The number of guanidine groups is 1. The summed E-state index contributed by atoms with van der Waals surface area (Å²) in [6.45, 7) is 0.332. The summed E-state index contributed by atoms with van der Waals surface area (Å²) in [5, 5.41) is 14.1. The van der Waals surface area contributed by atoms with Crippen molar-refractivity contribution in [1.82, 2.24) is 25.4 Å². The molecule has 2 heterocycles. The molecule has 0 saturated heterocycles. The normalized spacial score (nSPS) is 14.0. The van der Waals surface area contributed by atoms with Gasteiger partial charge in [0.05, 0.1) is 10.2 Å². The molecule has 13 heteroatoms. The minimum atomic E-state index is -0.772. The number of nitrogens with one attached hydrogen (secondary N) is 1. The average molecular weight is 508 g/mol. The van der Waals surface area contributed by atoms with Gasteiger partial charge in [0, 0.05) is 13.0 Å². The number of halogens is 2. The van der Waals surface area contributed by atoms with Gasteiger partial charge in [0.2, 0.25) is 11.7 Å². The number of aromatic nitrogens is 4. The Morgan fingerprint density at radius 2 is 2.16 bits per heavy atom. The second-order valence-corrected chi connectivity index (χ2v) is 8.19. The number of rotatable bonds is 8. The lowest BCUT2D eigenvalue weighted by molar-refractivity contribution is -0.120. The molecule has 0 spiro atoms. The van der Waals surface area contributed by atoms with Crippen molar-refractivity contribution in [1.29, 1.82) is 0 Å². The summed E-state index contributed by atoms with van der Waals surface area (Å²) in [5.41, 5.74) is 6.71. The molecule has 11 nitrogen and oxygen atoms in total. The van der Waals surface area contributed by atoms with Crippen LogP contribution < -0.4 is 16.8 Å². The minimum Gasteiger partial charge on any atom is -0.370 e. The fourth-order valence-corrected chi connectivity index (χ4v) is 3.42. The van der Waals surface area contributed by atoms with Gasteiger partial charge in [0.1, 0.15) is 11.5 Å². The third-order valence-corrected chi connectivity index (χ3v) is 5.43. The SMILES string of the molecule is NC(=NCCCc1nonc1-c1noc(=O)n1-c1ccc(F)c(Br)c1)NC(=O)CC1CC1. The number of nitrogens with two attached hydrogens (primary N) is 1. The molecule has 0 atom stereocenters. The topological polar surface area (TPSA) is 154 Å². The van der Waals surface area contributed by atoms with Crippen LogP contribution in [0.5, 0.6) is 0 Å². The number of amides is 1. The molecular formula is C19H19BrFN7O4. The van der Waals surface area contributed by atoms with Crippen LogP contribution >= 0.6 is 15.9 Å². The first kappa shape index (κ1) is 21.9. The number of hydrogen-bond acceptors (Lipinski definition) is 8. The quantitative estimate of drug-likeness (QED) is 0.266. The molecule has 0 radical (unpaired) electrons. The van der Waals surface area contributed by atoms with Gasteiger partial charge in [-0.3, -0.25) is 19.6 Å². The molecule has 0 bridgehead atoms. The number of benzene rings is 1. The Kier molecular flexibility index (Phi) is 6.44. The maximum Gasteiger partial charge on any atom is 0.446 e. The zero-order valence-corrected chi connectivity index (χ0v) is 18.3. The molecule has 32 heavy (non-hydrogen) atoms. The number of nitrogens with zero attached hydrogens (tertiary/aromatic N) is 5. The zero-order valence-electron chi connectivity index (χ0n) is 16.8. The highest BCUT2D eigenvalue weighted by Crippen LogP contribution is 2.32. The van der Waals surface area contributed by atoms with Crippen molar-refractivity contribution in [3.8, 4) is 17.2 Å². The van der Waals surface area contributed by atoms with Crippen LogP contribution in [0.15, 0.2) is 41.6 Å². The third-order valence-electron chi connectivity index (χ3n) is 4.83. The summed E-state index contributed by atoms with van der Waals surface area (Å²) in [5.74, 6) is -0.778. The third kappa shape index (κ3) is 5.10. The van der Waals surface area contributed by atoms with E-state index in [1.165, 1.54) is 18.2 Å². The molecule has 4 rings (SSSR count). The first-order valence-electron chi connectivity index (χ1n) is 9.88. The van der Waals surface area contributed by atoms with Gasteiger partial charge in [-0.15, -0.1) is 0 Å². The standard InChI is InChI=1S/C19H19BrFN7O4/c20-12-9-11(5-6-13(12)21)28-17(27-31-19(28)30)16-14(25-32-26-16)2-1-7-23-18(22)24-15(29)8-10-3-4-10/h5-6,9-10H,1-4,7-8H2,(H3,22,23,24,29). The Bertz CT molecular complexity index is 1210. The minimum absolute atomic E-state index is 0.0695. The van der Waals surface area contributed by atoms with Crippen LogP contribution in [0.25, 0.3) is 17.2 Å². The molecule has 1 fully saturated rings. The van der Waals surface area contributed by atoms with Gasteiger partial charge >= 0.3 is 5.76 Å². The van der Waals surface area contributed by atoms with Gasteiger partial charge < -0.3 is 5.73 Å². The smallest absolute Gasteiger partial charge is 0.370 e. The van der Waals surface area contributed by atoms with Crippen molar-refractivity contribution in [2.75, 3.05) is 6.54 Å². The fraction of sp³-hybridized carbons (Fsp3) is 0.368. The Hall–Kier alpha value is -3.35. The maximum absolute atomic E-state index is 13.6. The molecule has 1 aliphatic carbocycles. The molecule has 1 saturated carbocycles. The molecule has 3 aromatic rings. The van der Waals surface area contributed by atoms with E-state index >= 15 is 0 Å². The predicted octanol–water partition coefficient (Wildman–Crippen LogP) is 1.94. The van der Waals surface area contributed by atoms with Crippen LogP contribution in [-0.4, -0.2) is 38.4 Å². The molecule has 168 valence electrons. The van der Waals surface area contributed by atoms with E-state index < -0.39 is 11.6 Å².